The van der Waals surface area contributed by atoms with Gasteiger partial charge in [-0.05, 0) is 40.0 Å². The molecule has 102 valence electrons. The zero-order valence-corrected chi connectivity index (χ0v) is 11.9. The molecule has 0 bridgehead atoms. The van der Waals surface area contributed by atoms with Gasteiger partial charge in [0.15, 0.2) is 0 Å². The minimum absolute atomic E-state index is 0.180. The molecule has 0 aromatic heterocycles. The second kappa shape index (κ2) is 7.34. The molecule has 0 radical (unpaired) electrons. The lowest BCUT2D eigenvalue weighted by atomic mass is 10.1. The van der Waals surface area contributed by atoms with Crippen molar-refractivity contribution in [3.8, 4) is 0 Å². The highest BCUT2D eigenvalue weighted by atomic mass is 16.5. The Morgan fingerprint density at radius 2 is 1.94 bits per heavy atom. The van der Waals surface area contributed by atoms with Gasteiger partial charge in [0.25, 0.3) is 0 Å². The van der Waals surface area contributed by atoms with Crippen LogP contribution in [0.3, 0.4) is 0 Å². The fourth-order valence-corrected chi connectivity index (χ4v) is 1.93. The van der Waals surface area contributed by atoms with Crippen LogP contribution in [0.25, 0.3) is 0 Å². The third kappa shape index (κ3) is 7.02. The molecule has 1 N–H and O–H groups in total. The van der Waals surface area contributed by atoms with Crippen molar-refractivity contribution in [1.82, 2.24) is 5.32 Å². The molecule has 0 saturated carbocycles. The second-order valence-electron chi connectivity index (χ2n) is 6.02. The van der Waals surface area contributed by atoms with E-state index in [1.165, 1.54) is 6.42 Å². The summed E-state index contributed by atoms with van der Waals surface area (Å²) in [4.78, 5) is 0. The Morgan fingerprint density at radius 3 is 2.59 bits per heavy atom. The van der Waals surface area contributed by atoms with Gasteiger partial charge in [-0.3, -0.25) is 0 Å². The predicted molar refractivity (Wildman–Crippen MR) is 71.4 cm³/mol. The summed E-state index contributed by atoms with van der Waals surface area (Å²) < 4.78 is 11.6. The molecule has 1 heterocycles. The lowest BCUT2D eigenvalue weighted by Gasteiger charge is -2.23. The highest BCUT2D eigenvalue weighted by Crippen LogP contribution is 2.20. The van der Waals surface area contributed by atoms with E-state index in [1.807, 2.05) is 0 Å². The maximum atomic E-state index is 5.95. The van der Waals surface area contributed by atoms with Crippen LogP contribution >= 0.6 is 0 Å². The third-order valence-electron chi connectivity index (χ3n) is 3.00. The summed E-state index contributed by atoms with van der Waals surface area (Å²) in [6.07, 6.45) is 5.34. The van der Waals surface area contributed by atoms with Crippen molar-refractivity contribution in [2.24, 2.45) is 0 Å². The minimum atomic E-state index is 0.180. The van der Waals surface area contributed by atoms with Gasteiger partial charge in [-0.25, -0.2) is 0 Å². The van der Waals surface area contributed by atoms with Crippen molar-refractivity contribution in [3.63, 3.8) is 0 Å². The number of ether oxygens (including phenoxy) is 2. The first-order chi connectivity index (χ1) is 8.01. The summed E-state index contributed by atoms with van der Waals surface area (Å²) in [5.41, 5.74) is 0.180. The molecule has 1 aliphatic heterocycles. The Hall–Kier alpha value is -0.120. The number of unbranched alkanes of at least 4 members (excludes halogenated alkanes) is 1. The smallest absolute Gasteiger partial charge is 0.0813 e. The quantitative estimate of drug-likeness (QED) is 0.697. The normalized spacial score (nSPS) is 25.4. The van der Waals surface area contributed by atoms with Crippen molar-refractivity contribution in [2.45, 2.75) is 71.1 Å². The zero-order valence-electron chi connectivity index (χ0n) is 11.9. The Morgan fingerprint density at radius 1 is 1.24 bits per heavy atom. The first-order valence-corrected chi connectivity index (χ1v) is 6.99. The lowest BCUT2D eigenvalue weighted by Crippen LogP contribution is -2.41. The van der Waals surface area contributed by atoms with Crippen LogP contribution in [0.15, 0.2) is 0 Å². The van der Waals surface area contributed by atoms with Gasteiger partial charge in [-0.1, -0.05) is 13.3 Å². The summed E-state index contributed by atoms with van der Waals surface area (Å²) in [7, 11) is 0. The van der Waals surface area contributed by atoms with Crippen LogP contribution in [-0.2, 0) is 9.47 Å². The Bertz CT molecular complexity index is 201. The summed E-state index contributed by atoms with van der Waals surface area (Å²) in [6, 6.07) is 0. The van der Waals surface area contributed by atoms with Crippen LogP contribution < -0.4 is 5.32 Å². The number of hydrogen-bond donors (Lipinski definition) is 1. The number of rotatable bonds is 7. The van der Waals surface area contributed by atoms with Gasteiger partial charge in [0.1, 0.15) is 0 Å². The van der Waals surface area contributed by atoms with Crippen molar-refractivity contribution < 1.29 is 9.47 Å². The highest BCUT2D eigenvalue weighted by molar-refractivity contribution is 4.79. The molecule has 3 nitrogen and oxygen atoms in total. The topological polar surface area (TPSA) is 30.5 Å². The van der Waals surface area contributed by atoms with E-state index < -0.39 is 0 Å². The molecule has 0 aromatic rings. The SMILES string of the molecule is CCCCOCC1CCC(CNC(C)(C)C)O1. The first-order valence-electron chi connectivity index (χ1n) is 6.99. The average molecular weight is 243 g/mol. The minimum Gasteiger partial charge on any atom is -0.379 e. The maximum Gasteiger partial charge on any atom is 0.0813 e. The zero-order chi connectivity index (χ0) is 12.7. The van der Waals surface area contributed by atoms with Crippen LogP contribution in [0.2, 0.25) is 0 Å². The largest absolute Gasteiger partial charge is 0.379 e. The van der Waals surface area contributed by atoms with Crippen LogP contribution in [-0.4, -0.2) is 37.5 Å². The van der Waals surface area contributed by atoms with Crippen LogP contribution in [0, 0.1) is 0 Å². The number of nitrogens with one attached hydrogen (secondary N) is 1. The highest BCUT2D eigenvalue weighted by Gasteiger charge is 2.26. The monoisotopic (exact) mass is 243 g/mol. The number of hydrogen-bond acceptors (Lipinski definition) is 3. The van der Waals surface area contributed by atoms with E-state index in [0.29, 0.717) is 12.2 Å². The molecule has 0 aliphatic carbocycles. The maximum absolute atomic E-state index is 5.95. The molecule has 1 rings (SSSR count). The van der Waals surface area contributed by atoms with Crippen molar-refractivity contribution in [1.29, 1.82) is 0 Å². The molecule has 0 aromatic carbocycles. The van der Waals surface area contributed by atoms with E-state index in [9.17, 15) is 0 Å². The summed E-state index contributed by atoms with van der Waals surface area (Å²) in [5, 5.41) is 3.49. The van der Waals surface area contributed by atoms with Crippen LogP contribution in [0.4, 0.5) is 0 Å². The summed E-state index contributed by atoms with van der Waals surface area (Å²) >= 11 is 0. The fraction of sp³-hybridized carbons (Fsp3) is 1.00. The van der Waals surface area contributed by atoms with Crippen LogP contribution in [0.1, 0.15) is 53.4 Å². The molecule has 1 aliphatic rings. The van der Waals surface area contributed by atoms with E-state index in [1.54, 1.807) is 0 Å². The molecular weight excluding hydrogens is 214 g/mol. The van der Waals surface area contributed by atoms with Gasteiger partial charge < -0.3 is 14.8 Å². The molecule has 3 heteroatoms. The van der Waals surface area contributed by atoms with E-state index in [4.69, 9.17) is 9.47 Å². The molecule has 1 fully saturated rings. The van der Waals surface area contributed by atoms with E-state index >= 15 is 0 Å². The van der Waals surface area contributed by atoms with E-state index in [-0.39, 0.29) is 5.54 Å². The summed E-state index contributed by atoms with van der Waals surface area (Å²) in [6.45, 7) is 11.3. The van der Waals surface area contributed by atoms with Crippen molar-refractivity contribution in [3.05, 3.63) is 0 Å². The molecule has 2 unspecified atom stereocenters. The standard InChI is InChI=1S/C14H29NO2/c1-5-6-9-16-11-13-8-7-12(17-13)10-15-14(2,3)4/h12-13,15H,5-11H2,1-4H3. The first kappa shape index (κ1) is 14.9. The fourth-order valence-electron chi connectivity index (χ4n) is 1.93. The van der Waals surface area contributed by atoms with Gasteiger partial charge in [0.05, 0.1) is 18.8 Å². The Balaban J connectivity index is 2.06. The Labute approximate surface area is 106 Å². The van der Waals surface area contributed by atoms with Gasteiger partial charge in [-0.2, -0.15) is 0 Å². The van der Waals surface area contributed by atoms with Crippen molar-refractivity contribution >= 4 is 0 Å². The lowest BCUT2D eigenvalue weighted by molar-refractivity contribution is -0.0161. The van der Waals surface area contributed by atoms with Crippen LogP contribution in [0.5, 0.6) is 0 Å². The predicted octanol–water partition coefficient (Wildman–Crippen LogP) is 2.74. The Kier molecular flexibility index (Phi) is 6.45. The molecular formula is C14H29NO2. The van der Waals surface area contributed by atoms with Gasteiger partial charge in [-0.15, -0.1) is 0 Å². The molecule has 2 atom stereocenters. The average Bonchev–Trinajstić information content (AvgIpc) is 2.69. The molecule has 17 heavy (non-hydrogen) atoms. The van der Waals surface area contributed by atoms with Crippen molar-refractivity contribution in [2.75, 3.05) is 19.8 Å². The van der Waals surface area contributed by atoms with Gasteiger partial charge >= 0.3 is 0 Å². The molecule has 1 saturated heterocycles. The molecule has 0 amide bonds. The second-order valence-corrected chi connectivity index (χ2v) is 6.02. The van der Waals surface area contributed by atoms with E-state index in [2.05, 4.69) is 33.0 Å². The third-order valence-corrected chi connectivity index (χ3v) is 3.00. The van der Waals surface area contributed by atoms with Gasteiger partial charge in [0.2, 0.25) is 0 Å². The van der Waals surface area contributed by atoms with Gasteiger partial charge in [0, 0.05) is 18.7 Å². The van der Waals surface area contributed by atoms with E-state index in [0.717, 1.165) is 39.0 Å². The molecule has 0 spiro atoms. The summed E-state index contributed by atoms with van der Waals surface area (Å²) in [5.74, 6) is 0.